The molecule has 4 nitrogen and oxygen atoms in total. The average Bonchev–Trinajstić information content (AvgIpc) is 2.38. The number of likely N-dealkylation sites (tertiary alicyclic amines) is 1. The van der Waals surface area contributed by atoms with Crippen LogP contribution in [0.3, 0.4) is 0 Å². The Morgan fingerprint density at radius 2 is 1.81 bits per heavy atom. The molecular formula is C15H21Cl2N3O. The van der Waals surface area contributed by atoms with Crippen LogP contribution >= 0.6 is 23.2 Å². The Morgan fingerprint density at radius 1 is 1.29 bits per heavy atom. The molecule has 1 amide bonds. The summed E-state index contributed by atoms with van der Waals surface area (Å²) in [5, 5.41) is 3.50. The quantitative estimate of drug-likeness (QED) is 0.829. The second-order valence-corrected chi connectivity index (χ2v) is 6.52. The number of nitrogens with zero attached hydrogens (tertiary/aromatic N) is 1. The van der Waals surface area contributed by atoms with Gasteiger partial charge in [0.2, 0.25) is 5.91 Å². The molecule has 1 saturated heterocycles. The molecule has 1 aromatic rings. The van der Waals surface area contributed by atoms with Gasteiger partial charge in [-0.1, -0.05) is 29.6 Å². The summed E-state index contributed by atoms with van der Waals surface area (Å²) in [5.41, 5.74) is 6.55. The number of nitrogens with one attached hydrogen (secondary N) is 1. The molecule has 1 heterocycles. The van der Waals surface area contributed by atoms with Crippen molar-refractivity contribution in [2.24, 2.45) is 0 Å². The van der Waals surface area contributed by atoms with Gasteiger partial charge in [-0.15, -0.1) is 0 Å². The normalized spacial score (nSPS) is 23.0. The maximum absolute atomic E-state index is 12.3. The first kappa shape index (κ1) is 16.4. The van der Waals surface area contributed by atoms with Crippen molar-refractivity contribution in [2.75, 3.05) is 17.6 Å². The first-order valence-corrected chi connectivity index (χ1v) is 7.94. The second kappa shape index (κ2) is 6.86. The van der Waals surface area contributed by atoms with Crippen LogP contribution in [0.15, 0.2) is 12.1 Å². The number of anilines is 2. The van der Waals surface area contributed by atoms with Crippen molar-refractivity contribution in [2.45, 2.75) is 45.2 Å². The van der Waals surface area contributed by atoms with Gasteiger partial charge in [-0.2, -0.15) is 0 Å². The summed E-state index contributed by atoms with van der Waals surface area (Å²) in [6.45, 7) is 4.66. The maximum Gasteiger partial charge on any atom is 0.238 e. The number of nitrogen functional groups attached to an aromatic ring is 1. The summed E-state index contributed by atoms with van der Waals surface area (Å²) in [6, 6.07) is 3.98. The van der Waals surface area contributed by atoms with Gasteiger partial charge in [0.1, 0.15) is 0 Å². The van der Waals surface area contributed by atoms with Crippen LogP contribution in [-0.2, 0) is 4.79 Å². The molecule has 2 unspecified atom stereocenters. The highest BCUT2D eigenvalue weighted by Crippen LogP contribution is 2.33. The van der Waals surface area contributed by atoms with E-state index in [2.05, 4.69) is 24.1 Å². The van der Waals surface area contributed by atoms with Gasteiger partial charge in [0.05, 0.1) is 22.3 Å². The van der Waals surface area contributed by atoms with E-state index in [1.54, 1.807) is 12.1 Å². The minimum absolute atomic E-state index is 0.107. The Balaban J connectivity index is 2.05. The van der Waals surface area contributed by atoms with E-state index in [0.29, 0.717) is 40.0 Å². The maximum atomic E-state index is 12.3. The van der Waals surface area contributed by atoms with Crippen molar-refractivity contribution in [3.05, 3.63) is 22.2 Å². The molecule has 116 valence electrons. The molecule has 1 aliphatic rings. The van der Waals surface area contributed by atoms with Gasteiger partial charge in [-0.3, -0.25) is 9.69 Å². The molecule has 2 atom stereocenters. The second-order valence-electron chi connectivity index (χ2n) is 5.71. The number of carbonyl (C=O) groups is 1. The number of piperidine rings is 1. The van der Waals surface area contributed by atoms with E-state index in [-0.39, 0.29) is 5.91 Å². The summed E-state index contributed by atoms with van der Waals surface area (Å²) in [5.74, 6) is -0.107. The van der Waals surface area contributed by atoms with Crippen molar-refractivity contribution in [1.29, 1.82) is 0 Å². The van der Waals surface area contributed by atoms with Gasteiger partial charge in [-0.05, 0) is 38.8 Å². The zero-order valence-electron chi connectivity index (χ0n) is 12.3. The van der Waals surface area contributed by atoms with Crippen molar-refractivity contribution in [3.8, 4) is 0 Å². The van der Waals surface area contributed by atoms with E-state index < -0.39 is 0 Å². The Bertz CT molecular complexity index is 503. The van der Waals surface area contributed by atoms with Gasteiger partial charge in [-0.25, -0.2) is 0 Å². The van der Waals surface area contributed by atoms with E-state index in [1.807, 2.05) is 0 Å². The van der Waals surface area contributed by atoms with Crippen LogP contribution in [-0.4, -0.2) is 29.4 Å². The third kappa shape index (κ3) is 4.02. The van der Waals surface area contributed by atoms with E-state index in [9.17, 15) is 4.79 Å². The molecule has 0 bridgehead atoms. The topological polar surface area (TPSA) is 58.4 Å². The Hall–Kier alpha value is -0.970. The largest absolute Gasteiger partial charge is 0.399 e. The molecule has 0 aromatic heterocycles. The first-order valence-electron chi connectivity index (χ1n) is 7.18. The number of benzene rings is 1. The van der Waals surface area contributed by atoms with Crippen LogP contribution in [0.25, 0.3) is 0 Å². The number of halogens is 2. The Kier molecular flexibility index (Phi) is 5.36. The fraction of sp³-hybridized carbons (Fsp3) is 0.533. The zero-order chi connectivity index (χ0) is 15.6. The van der Waals surface area contributed by atoms with E-state index in [1.165, 1.54) is 6.42 Å². The Morgan fingerprint density at radius 3 is 2.33 bits per heavy atom. The molecule has 0 aliphatic carbocycles. The first-order chi connectivity index (χ1) is 9.88. The molecule has 0 spiro atoms. The van der Waals surface area contributed by atoms with E-state index in [4.69, 9.17) is 28.9 Å². The lowest BCUT2D eigenvalue weighted by molar-refractivity contribution is -0.118. The number of rotatable bonds is 3. The third-order valence-electron chi connectivity index (χ3n) is 4.03. The number of carbonyl (C=O) groups excluding carboxylic acids is 1. The zero-order valence-corrected chi connectivity index (χ0v) is 13.8. The van der Waals surface area contributed by atoms with Crippen LogP contribution in [0.4, 0.5) is 11.4 Å². The summed E-state index contributed by atoms with van der Waals surface area (Å²) < 4.78 is 0. The van der Waals surface area contributed by atoms with Crippen molar-refractivity contribution >= 4 is 40.5 Å². The number of amides is 1. The molecule has 2 rings (SSSR count). The molecule has 1 aromatic carbocycles. The number of nitrogens with two attached hydrogens (primary N) is 1. The molecule has 3 N–H and O–H groups in total. The minimum atomic E-state index is -0.107. The van der Waals surface area contributed by atoms with Gasteiger partial charge in [0.25, 0.3) is 0 Å². The number of hydrogen-bond donors (Lipinski definition) is 2. The Labute approximate surface area is 135 Å². The minimum Gasteiger partial charge on any atom is -0.399 e. The van der Waals surface area contributed by atoms with Gasteiger partial charge in [0.15, 0.2) is 0 Å². The molecule has 1 aliphatic heterocycles. The van der Waals surface area contributed by atoms with Crippen LogP contribution < -0.4 is 11.1 Å². The highest BCUT2D eigenvalue weighted by atomic mass is 35.5. The summed E-state index contributed by atoms with van der Waals surface area (Å²) in [4.78, 5) is 14.5. The van der Waals surface area contributed by atoms with Crippen LogP contribution in [0.5, 0.6) is 0 Å². The fourth-order valence-corrected chi connectivity index (χ4v) is 3.44. The molecule has 0 saturated carbocycles. The fourth-order valence-electron chi connectivity index (χ4n) is 2.84. The lowest BCUT2D eigenvalue weighted by Gasteiger charge is -2.38. The number of hydrogen-bond acceptors (Lipinski definition) is 3. The highest BCUT2D eigenvalue weighted by molar-refractivity contribution is 6.40. The summed E-state index contributed by atoms with van der Waals surface area (Å²) in [7, 11) is 0. The standard InChI is InChI=1S/C15H21Cl2N3O/c1-9-4-3-5-10(2)20(9)8-14(21)19-15-12(16)6-11(18)7-13(15)17/h6-7,9-10H,3-5,8,18H2,1-2H3,(H,19,21). The predicted molar refractivity (Wildman–Crippen MR) is 89.0 cm³/mol. The summed E-state index contributed by atoms with van der Waals surface area (Å²) >= 11 is 12.2. The van der Waals surface area contributed by atoms with Crippen molar-refractivity contribution in [1.82, 2.24) is 4.90 Å². The molecule has 1 fully saturated rings. The third-order valence-corrected chi connectivity index (χ3v) is 4.63. The van der Waals surface area contributed by atoms with E-state index in [0.717, 1.165) is 12.8 Å². The van der Waals surface area contributed by atoms with Gasteiger partial charge < -0.3 is 11.1 Å². The molecular weight excluding hydrogens is 309 g/mol. The smallest absolute Gasteiger partial charge is 0.238 e. The van der Waals surface area contributed by atoms with Crippen molar-refractivity contribution in [3.63, 3.8) is 0 Å². The lowest BCUT2D eigenvalue weighted by Crippen LogP contribution is -2.47. The van der Waals surface area contributed by atoms with E-state index >= 15 is 0 Å². The lowest BCUT2D eigenvalue weighted by atomic mass is 9.97. The predicted octanol–water partition coefficient (Wildman–Crippen LogP) is 3.78. The molecule has 21 heavy (non-hydrogen) atoms. The average molecular weight is 330 g/mol. The van der Waals surface area contributed by atoms with Crippen LogP contribution in [0, 0.1) is 0 Å². The SMILES string of the molecule is CC1CCCC(C)N1CC(=O)Nc1c(Cl)cc(N)cc1Cl. The molecule has 6 heteroatoms. The van der Waals surface area contributed by atoms with Gasteiger partial charge in [0, 0.05) is 17.8 Å². The van der Waals surface area contributed by atoms with Crippen LogP contribution in [0.2, 0.25) is 10.0 Å². The van der Waals surface area contributed by atoms with Gasteiger partial charge >= 0.3 is 0 Å². The summed E-state index contributed by atoms with van der Waals surface area (Å²) in [6.07, 6.45) is 3.47. The monoisotopic (exact) mass is 329 g/mol. The highest BCUT2D eigenvalue weighted by Gasteiger charge is 2.26. The molecule has 0 radical (unpaired) electrons. The van der Waals surface area contributed by atoms with Crippen molar-refractivity contribution < 1.29 is 4.79 Å². The van der Waals surface area contributed by atoms with Crippen LogP contribution in [0.1, 0.15) is 33.1 Å².